The molecule has 154 valence electrons. The van der Waals surface area contributed by atoms with Crippen molar-refractivity contribution in [2.75, 3.05) is 60.0 Å². The van der Waals surface area contributed by atoms with Crippen molar-refractivity contribution in [3.8, 4) is 0 Å². The molecule has 0 spiro atoms. The number of ether oxygens (including phenoxy) is 3. The molecule has 0 aliphatic carbocycles. The normalized spacial score (nSPS) is 17.3. The topological polar surface area (TPSA) is 68.2 Å². The van der Waals surface area contributed by atoms with Gasteiger partial charge >= 0.3 is 0 Å². The summed E-state index contributed by atoms with van der Waals surface area (Å²) in [5.41, 5.74) is 0. The number of hydrogen-bond donors (Lipinski definition) is 2. The van der Waals surface area contributed by atoms with Crippen molar-refractivity contribution in [2.24, 2.45) is 0 Å². The lowest BCUT2D eigenvalue weighted by molar-refractivity contribution is -0.870. The molecule has 0 fully saturated rings. The van der Waals surface area contributed by atoms with Crippen LogP contribution in [0, 0.1) is 0 Å². The van der Waals surface area contributed by atoms with Crippen LogP contribution in [0.1, 0.15) is 44.9 Å². The summed E-state index contributed by atoms with van der Waals surface area (Å²) in [5, 5.41) is 10.0. The molecule has 2 unspecified atom stereocenters. The average Bonchev–Trinajstić information content (AvgIpc) is 2.58. The fraction of sp³-hybridized carbons (Fsp3) is 0.895. The van der Waals surface area contributed by atoms with Crippen molar-refractivity contribution in [3.05, 3.63) is 12.0 Å². The summed E-state index contributed by atoms with van der Waals surface area (Å²) in [5.74, 6) is 0.735. The lowest BCUT2D eigenvalue weighted by Gasteiger charge is -2.24. The molecule has 0 aromatic carbocycles. The van der Waals surface area contributed by atoms with Crippen molar-refractivity contribution < 1.29 is 28.7 Å². The van der Waals surface area contributed by atoms with Gasteiger partial charge in [0.25, 0.3) is 0 Å². The van der Waals surface area contributed by atoms with Crippen LogP contribution in [0.2, 0.25) is 0 Å². The van der Waals surface area contributed by atoms with E-state index in [1.54, 1.807) is 6.26 Å². The molecule has 26 heavy (non-hydrogen) atoms. The summed E-state index contributed by atoms with van der Waals surface area (Å²) >= 11 is 0. The van der Waals surface area contributed by atoms with Crippen LogP contribution in [0.3, 0.4) is 0 Å². The monoisotopic (exact) mass is 392 g/mol. The minimum Gasteiger partial charge on any atom is -0.492 e. The van der Waals surface area contributed by atoms with E-state index in [9.17, 15) is 10.00 Å². The van der Waals surface area contributed by atoms with Crippen molar-refractivity contribution >= 4 is 8.15 Å². The number of rotatable bonds is 15. The second-order valence-electron chi connectivity index (χ2n) is 8.03. The molecule has 0 bridgehead atoms. The fourth-order valence-corrected chi connectivity index (χ4v) is 4.09. The second kappa shape index (κ2) is 13.7. The first-order valence-corrected chi connectivity index (χ1v) is 11.5. The maximum Gasteiger partial charge on any atom is 0.188 e. The van der Waals surface area contributed by atoms with Gasteiger partial charge in [0.05, 0.1) is 40.4 Å². The summed E-state index contributed by atoms with van der Waals surface area (Å²) in [6.07, 6.45) is 9.83. The van der Waals surface area contributed by atoms with Gasteiger partial charge in [0, 0.05) is 14.6 Å². The number of aliphatic hydroxyl groups excluding tert-OH is 1. The Morgan fingerprint density at radius 1 is 1.12 bits per heavy atom. The van der Waals surface area contributed by atoms with E-state index >= 15 is 0 Å². The lowest BCUT2D eigenvalue weighted by Crippen LogP contribution is -2.35. The maximum absolute atomic E-state index is 10.1. The van der Waals surface area contributed by atoms with Crippen molar-refractivity contribution in [2.45, 2.75) is 51.0 Å². The van der Waals surface area contributed by atoms with Gasteiger partial charge in [-0.25, -0.2) is 0 Å². The first kappa shape index (κ1) is 23.6. The Balaban J connectivity index is 1.90. The molecule has 0 aromatic rings. The molecule has 2 N–H and O–H groups in total. The van der Waals surface area contributed by atoms with Crippen LogP contribution in [0.5, 0.6) is 0 Å². The third-order valence-electron chi connectivity index (χ3n) is 4.28. The first-order chi connectivity index (χ1) is 12.4. The molecule has 0 aromatic heterocycles. The van der Waals surface area contributed by atoms with E-state index in [1.165, 1.54) is 0 Å². The smallest absolute Gasteiger partial charge is 0.188 e. The van der Waals surface area contributed by atoms with E-state index in [0.717, 1.165) is 74.1 Å². The molecule has 0 radical (unpaired) electrons. The first-order valence-electron chi connectivity index (χ1n) is 9.80. The number of quaternary nitrogens is 1. The molecular weight excluding hydrogens is 353 g/mol. The highest BCUT2D eigenvalue weighted by Gasteiger charge is 2.11. The van der Waals surface area contributed by atoms with Gasteiger partial charge in [0.1, 0.15) is 12.9 Å². The molecule has 1 aliphatic heterocycles. The molecule has 0 amide bonds. The van der Waals surface area contributed by atoms with Crippen LogP contribution in [-0.4, -0.2) is 80.6 Å². The Kier molecular flexibility index (Phi) is 12.5. The van der Waals surface area contributed by atoms with Gasteiger partial charge in [-0.05, 0) is 44.4 Å². The zero-order valence-electron chi connectivity index (χ0n) is 16.9. The van der Waals surface area contributed by atoms with Gasteiger partial charge in [-0.15, -0.1) is 0 Å². The van der Waals surface area contributed by atoms with E-state index in [4.69, 9.17) is 14.2 Å². The molecule has 7 heteroatoms. The van der Waals surface area contributed by atoms with E-state index in [1.807, 2.05) is 0 Å². The molecule has 1 rings (SSSR count). The highest BCUT2D eigenvalue weighted by Crippen LogP contribution is 2.32. The Hall–Kier alpha value is -0.390. The van der Waals surface area contributed by atoms with Crippen molar-refractivity contribution in [1.82, 2.24) is 0 Å². The minimum absolute atomic E-state index is 0.237. The molecule has 0 saturated carbocycles. The quantitative estimate of drug-likeness (QED) is 0.255. The summed E-state index contributed by atoms with van der Waals surface area (Å²) in [6, 6.07) is 0. The van der Waals surface area contributed by atoms with Gasteiger partial charge in [-0.1, -0.05) is 6.42 Å². The molecule has 6 nitrogen and oxygen atoms in total. The third kappa shape index (κ3) is 13.8. The Morgan fingerprint density at radius 2 is 1.81 bits per heavy atom. The lowest BCUT2D eigenvalue weighted by atomic mass is 10.1. The molecule has 0 saturated heterocycles. The number of hydrogen-bond acceptors (Lipinski definition) is 5. The standard InChI is InChI=1S/C19H39NO5P/c1-20(2,3)11-8-14-26(22)13-7-5-10-18(21)9-4-6-12-25-19-15-23-17-24-16-19/h15,18,21-22H,4-14,16-17H2,1-3H3/q+1. The number of nitrogens with zero attached hydrogens (tertiary/aromatic N) is 1. The highest BCUT2D eigenvalue weighted by molar-refractivity contribution is 7.51. The molecule has 1 aliphatic rings. The van der Waals surface area contributed by atoms with Gasteiger partial charge < -0.3 is 28.7 Å². The predicted octanol–water partition coefficient (Wildman–Crippen LogP) is 3.04. The largest absolute Gasteiger partial charge is 0.492 e. The predicted molar refractivity (Wildman–Crippen MR) is 106 cm³/mol. The van der Waals surface area contributed by atoms with Gasteiger partial charge in [-0.2, -0.15) is 0 Å². The minimum atomic E-state index is -0.821. The summed E-state index contributed by atoms with van der Waals surface area (Å²) in [4.78, 5) is 10.1. The van der Waals surface area contributed by atoms with Crippen LogP contribution < -0.4 is 0 Å². The Bertz CT molecular complexity index is 387. The van der Waals surface area contributed by atoms with Gasteiger partial charge in [0.2, 0.25) is 0 Å². The SMILES string of the molecule is C[N+](C)(C)CCCP(O)CCCCC(O)CCCCOC1=COCOC1. The summed E-state index contributed by atoms with van der Waals surface area (Å²) in [6.45, 7) is 2.52. The fourth-order valence-electron chi connectivity index (χ4n) is 2.77. The number of aliphatic hydroxyl groups is 1. The van der Waals surface area contributed by atoms with Crippen LogP contribution in [0.15, 0.2) is 12.0 Å². The van der Waals surface area contributed by atoms with Crippen LogP contribution in [0.4, 0.5) is 0 Å². The highest BCUT2D eigenvalue weighted by atomic mass is 31.1. The van der Waals surface area contributed by atoms with Crippen LogP contribution in [0.25, 0.3) is 0 Å². The third-order valence-corrected chi connectivity index (χ3v) is 5.94. The van der Waals surface area contributed by atoms with Crippen LogP contribution in [-0.2, 0) is 14.2 Å². The zero-order valence-corrected chi connectivity index (χ0v) is 17.8. The van der Waals surface area contributed by atoms with Gasteiger partial charge in [0.15, 0.2) is 12.6 Å². The zero-order chi connectivity index (χ0) is 19.3. The Labute approximate surface area is 160 Å². The molecule has 2 atom stereocenters. The molecule has 1 heterocycles. The number of unbranched alkanes of at least 4 members (excludes halogenated alkanes) is 2. The van der Waals surface area contributed by atoms with E-state index in [0.29, 0.717) is 20.0 Å². The second-order valence-corrected chi connectivity index (χ2v) is 9.94. The van der Waals surface area contributed by atoms with E-state index < -0.39 is 8.15 Å². The summed E-state index contributed by atoms with van der Waals surface area (Å²) < 4.78 is 16.6. The van der Waals surface area contributed by atoms with E-state index in [2.05, 4.69) is 21.1 Å². The van der Waals surface area contributed by atoms with Gasteiger partial charge in [-0.3, -0.25) is 0 Å². The van der Waals surface area contributed by atoms with Crippen molar-refractivity contribution in [1.29, 1.82) is 0 Å². The Morgan fingerprint density at radius 3 is 2.46 bits per heavy atom. The van der Waals surface area contributed by atoms with Crippen molar-refractivity contribution in [3.63, 3.8) is 0 Å². The average molecular weight is 392 g/mol. The van der Waals surface area contributed by atoms with E-state index in [-0.39, 0.29) is 6.10 Å². The van der Waals surface area contributed by atoms with Crippen LogP contribution >= 0.6 is 8.15 Å². The maximum atomic E-state index is 10.1. The molecular formula is C19H39NO5P+. The summed E-state index contributed by atoms with van der Waals surface area (Å²) in [7, 11) is 5.73.